The second kappa shape index (κ2) is 6.33. The fraction of sp³-hybridized carbons (Fsp3) is 0.250. The summed E-state index contributed by atoms with van der Waals surface area (Å²) in [6.07, 6.45) is -0.0332. The molecule has 27 heavy (non-hydrogen) atoms. The molecule has 0 spiro atoms. The number of ether oxygens (including phenoxy) is 1. The Morgan fingerprint density at radius 2 is 1.96 bits per heavy atom. The van der Waals surface area contributed by atoms with E-state index < -0.39 is 12.3 Å². The number of aromatic carboxylic acids is 1. The molecule has 2 aliphatic rings. The molecule has 0 unspecified atom stereocenters. The van der Waals surface area contributed by atoms with E-state index in [0.29, 0.717) is 5.69 Å². The van der Waals surface area contributed by atoms with Crippen LogP contribution in [0.1, 0.15) is 39.9 Å². The first-order chi connectivity index (χ1) is 12.8. The molecule has 4 nitrogen and oxygen atoms in total. The lowest BCUT2D eigenvalue weighted by Gasteiger charge is -2.38. The number of halogens is 3. The van der Waals surface area contributed by atoms with E-state index in [1.165, 1.54) is 12.1 Å². The van der Waals surface area contributed by atoms with Crippen molar-refractivity contribution in [3.8, 4) is 5.75 Å². The molecule has 140 valence electrons. The first-order valence-electron chi connectivity index (χ1n) is 8.48. The summed E-state index contributed by atoms with van der Waals surface area (Å²) in [5.41, 5.74) is 1.91. The van der Waals surface area contributed by atoms with Gasteiger partial charge in [0.15, 0.2) is 5.75 Å². The summed E-state index contributed by atoms with van der Waals surface area (Å²) in [6, 6.07) is 10.8. The first kappa shape index (κ1) is 17.5. The van der Waals surface area contributed by atoms with Gasteiger partial charge in [-0.1, -0.05) is 36.4 Å². The van der Waals surface area contributed by atoms with Gasteiger partial charge in [0.2, 0.25) is 0 Å². The predicted octanol–water partition coefficient (Wildman–Crippen LogP) is 5.11. The summed E-state index contributed by atoms with van der Waals surface area (Å²) < 4.78 is 42.7. The molecule has 0 fully saturated rings. The van der Waals surface area contributed by atoms with Crippen LogP contribution < -0.4 is 10.1 Å². The monoisotopic (exact) mass is 375 g/mol. The molecule has 1 aliphatic carbocycles. The van der Waals surface area contributed by atoms with Crippen LogP contribution in [-0.4, -0.2) is 17.4 Å². The van der Waals surface area contributed by atoms with Gasteiger partial charge in [0.05, 0.1) is 17.3 Å². The molecule has 2 aromatic carbocycles. The van der Waals surface area contributed by atoms with Crippen LogP contribution in [0.4, 0.5) is 18.9 Å². The topological polar surface area (TPSA) is 58.6 Å². The number of para-hydroxylation sites is 1. The number of rotatable bonds is 3. The number of hydrogen-bond donors (Lipinski definition) is 2. The molecule has 7 heteroatoms. The van der Waals surface area contributed by atoms with E-state index in [9.17, 15) is 23.1 Å². The number of alkyl halides is 3. The average molecular weight is 375 g/mol. The summed E-state index contributed by atoms with van der Waals surface area (Å²) in [5.74, 6) is -1.30. The van der Waals surface area contributed by atoms with E-state index in [4.69, 9.17) is 0 Å². The van der Waals surface area contributed by atoms with Crippen LogP contribution in [0, 0.1) is 5.92 Å². The van der Waals surface area contributed by atoms with Gasteiger partial charge in [0, 0.05) is 5.92 Å². The minimum Gasteiger partial charge on any atom is -0.478 e. The lowest BCUT2D eigenvalue weighted by atomic mass is 9.76. The highest BCUT2D eigenvalue weighted by Crippen LogP contribution is 2.52. The van der Waals surface area contributed by atoms with Crippen molar-refractivity contribution in [1.29, 1.82) is 0 Å². The number of hydrogen-bond acceptors (Lipinski definition) is 3. The molecule has 3 atom stereocenters. The van der Waals surface area contributed by atoms with E-state index in [1.54, 1.807) is 30.3 Å². The smallest absolute Gasteiger partial charge is 0.478 e. The van der Waals surface area contributed by atoms with Crippen LogP contribution in [0.15, 0.2) is 54.6 Å². The third-order valence-corrected chi connectivity index (χ3v) is 5.08. The van der Waals surface area contributed by atoms with Gasteiger partial charge in [-0.2, -0.15) is 0 Å². The Balaban J connectivity index is 1.78. The van der Waals surface area contributed by atoms with Crippen LogP contribution >= 0.6 is 0 Å². The normalized spacial score (nSPS) is 23.3. The fourth-order valence-electron chi connectivity index (χ4n) is 4.00. The Bertz CT molecular complexity index is 923. The number of allylic oxidation sites excluding steroid dienone is 2. The Morgan fingerprint density at radius 3 is 2.70 bits per heavy atom. The number of anilines is 1. The Morgan fingerprint density at radius 1 is 1.19 bits per heavy atom. The van der Waals surface area contributed by atoms with Gasteiger partial charge in [0.1, 0.15) is 0 Å². The summed E-state index contributed by atoms with van der Waals surface area (Å²) in [6.45, 7) is 0. The second-order valence-corrected chi connectivity index (χ2v) is 6.67. The minimum atomic E-state index is -4.79. The van der Waals surface area contributed by atoms with Crippen molar-refractivity contribution in [1.82, 2.24) is 0 Å². The molecule has 0 aromatic heterocycles. The lowest BCUT2D eigenvalue weighted by molar-refractivity contribution is -0.274. The van der Waals surface area contributed by atoms with Crippen molar-refractivity contribution in [2.75, 3.05) is 5.32 Å². The zero-order valence-electron chi connectivity index (χ0n) is 14.0. The van der Waals surface area contributed by atoms with Crippen LogP contribution in [0.2, 0.25) is 0 Å². The maximum absolute atomic E-state index is 12.8. The zero-order chi connectivity index (χ0) is 19.2. The fourth-order valence-corrected chi connectivity index (χ4v) is 4.00. The largest absolute Gasteiger partial charge is 0.573 e. The van der Waals surface area contributed by atoms with Gasteiger partial charge in [0.25, 0.3) is 0 Å². The molecule has 0 amide bonds. The Labute approximate surface area is 153 Å². The van der Waals surface area contributed by atoms with Gasteiger partial charge >= 0.3 is 12.3 Å². The van der Waals surface area contributed by atoms with E-state index in [2.05, 4.69) is 10.1 Å². The van der Waals surface area contributed by atoms with Crippen molar-refractivity contribution < 1.29 is 27.8 Å². The van der Waals surface area contributed by atoms with Gasteiger partial charge in [-0.25, -0.2) is 4.79 Å². The molecule has 0 saturated heterocycles. The molecule has 0 radical (unpaired) electrons. The number of carboxylic acid groups (broad SMARTS) is 1. The maximum Gasteiger partial charge on any atom is 0.573 e. The first-order valence-corrected chi connectivity index (χ1v) is 8.48. The number of carbonyl (C=O) groups is 1. The molecular weight excluding hydrogens is 359 g/mol. The van der Waals surface area contributed by atoms with Crippen LogP contribution in [-0.2, 0) is 0 Å². The summed E-state index contributed by atoms with van der Waals surface area (Å²) in [5, 5.41) is 12.4. The highest BCUT2D eigenvalue weighted by Gasteiger charge is 2.40. The van der Waals surface area contributed by atoms with Gasteiger partial charge in [-0.05, 0) is 41.7 Å². The minimum absolute atomic E-state index is 0.0588. The van der Waals surface area contributed by atoms with Crippen molar-refractivity contribution in [2.24, 2.45) is 5.92 Å². The van der Waals surface area contributed by atoms with E-state index in [1.807, 2.05) is 12.2 Å². The number of nitrogens with one attached hydrogen (secondary N) is 1. The summed E-state index contributed by atoms with van der Waals surface area (Å²) in [7, 11) is 0. The highest BCUT2D eigenvalue weighted by atomic mass is 19.4. The maximum atomic E-state index is 12.8. The van der Waals surface area contributed by atoms with Gasteiger partial charge < -0.3 is 15.2 Å². The van der Waals surface area contributed by atoms with E-state index in [0.717, 1.165) is 17.5 Å². The van der Waals surface area contributed by atoms with Crippen LogP contribution in [0.5, 0.6) is 5.75 Å². The number of carboxylic acids is 1. The average Bonchev–Trinajstić information content (AvgIpc) is 3.10. The van der Waals surface area contributed by atoms with Crippen molar-refractivity contribution >= 4 is 11.7 Å². The van der Waals surface area contributed by atoms with Crippen molar-refractivity contribution in [2.45, 2.75) is 24.7 Å². The predicted molar refractivity (Wildman–Crippen MR) is 92.9 cm³/mol. The molecule has 1 aliphatic heterocycles. The van der Waals surface area contributed by atoms with Crippen molar-refractivity contribution in [3.05, 3.63) is 71.3 Å². The quantitative estimate of drug-likeness (QED) is 0.732. The third-order valence-electron chi connectivity index (χ3n) is 5.08. The molecular formula is C20H16F3NO3. The van der Waals surface area contributed by atoms with Gasteiger partial charge in [-0.15, -0.1) is 13.2 Å². The molecule has 0 bridgehead atoms. The van der Waals surface area contributed by atoms with Crippen LogP contribution in [0.3, 0.4) is 0 Å². The van der Waals surface area contributed by atoms with Gasteiger partial charge in [-0.3, -0.25) is 0 Å². The molecule has 0 saturated carbocycles. The van der Waals surface area contributed by atoms with Crippen molar-refractivity contribution in [3.63, 3.8) is 0 Å². The number of fused-ring (bicyclic) bond motifs is 3. The highest BCUT2D eigenvalue weighted by molar-refractivity contribution is 5.87. The number of benzene rings is 2. The molecule has 1 heterocycles. The zero-order valence-corrected chi connectivity index (χ0v) is 14.0. The Hall–Kier alpha value is -2.96. The lowest BCUT2D eigenvalue weighted by Crippen LogP contribution is -2.30. The summed E-state index contributed by atoms with van der Waals surface area (Å²) >= 11 is 0. The molecule has 4 rings (SSSR count). The van der Waals surface area contributed by atoms with E-state index >= 15 is 0 Å². The SMILES string of the molecule is O=C(O)c1cccc([C@@H]2Nc3c(OC(F)(F)F)cccc3[C@@H]3C=CC[C@@H]32)c1. The standard InChI is InChI=1S/C20H16F3NO3/c21-20(22,23)27-16-9-3-8-15-13-6-2-7-14(13)17(24-18(15)16)11-4-1-5-12(10-11)19(25)26/h1-6,8-10,13-14,17,24H,7H2,(H,25,26)/t13-,14+,17+/m1/s1. The van der Waals surface area contributed by atoms with Crippen LogP contribution in [0.25, 0.3) is 0 Å². The summed E-state index contributed by atoms with van der Waals surface area (Å²) in [4.78, 5) is 11.3. The molecule has 2 aromatic rings. The second-order valence-electron chi connectivity index (χ2n) is 6.67. The molecule has 2 N–H and O–H groups in total. The Kier molecular flexibility index (Phi) is 4.09. The van der Waals surface area contributed by atoms with E-state index in [-0.39, 0.29) is 29.2 Å². The third kappa shape index (κ3) is 3.25.